The number of hydrogen-bond donors (Lipinski definition) is 1. The van der Waals surface area contributed by atoms with Crippen molar-refractivity contribution in [2.45, 2.75) is 25.3 Å². The topological polar surface area (TPSA) is 100 Å². The first-order valence-corrected chi connectivity index (χ1v) is 5.49. The van der Waals surface area contributed by atoms with Gasteiger partial charge < -0.3 is 19.7 Å². The first-order valence-electron chi connectivity index (χ1n) is 5.49. The van der Waals surface area contributed by atoms with Crippen molar-refractivity contribution in [1.29, 1.82) is 0 Å². The van der Waals surface area contributed by atoms with Crippen LogP contribution in [0.4, 0.5) is 0 Å². The standard InChI is InChI=1S/C10H15N3O4/c1-2-16-8(14)4-3-7-12-9(13-17-7)10(11)5-15-6-10/h2-6,11H2,1H3. The Morgan fingerprint density at radius 3 is 2.94 bits per heavy atom. The maximum atomic E-state index is 11.1. The van der Waals surface area contributed by atoms with Gasteiger partial charge in [-0.2, -0.15) is 4.98 Å². The van der Waals surface area contributed by atoms with Gasteiger partial charge in [-0.25, -0.2) is 0 Å². The van der Waals surface area contributed by atoms with Gasteiger partial charge in [0.2, 0.25) is 5.89 Å². The number of nitrogens with two attached hydrogens (primary N) is 1. The van der Waals surface area contributed by atoms with E-state index in [4.69, 9.17) is 19.7 Å². The lowest BCUT2D eigenvalue weighted by Crippen LogP contribution is -2.55. The second-order valence-corrected chi connectivity index (χ2v) is 3.97. The molecule has 1 aliphatic rings. The minimum Gasteiger partial charge on any atom is -0.466 e. The summed E-state index contributed by atoms with van der Waals surface area (Å²) >= 11 is 0. The lowest BCUT2D eigenvalue weighted by atomic mass is 9.99. The lowest BCUT2D eigenvalue weighted by molar-refractivity contribution is -0.143. The average molecular weight is 241 g/mol. The zero-order valence-electron chi connectivity index (χ0n) is 9.64. The highest BCUT2D eigenvalue weighted by atomic mass is 16.5. The fourth-order valence-electron chi connectivity index (χ4n) is 1.45. The van der Waals surface area contributed by atoms with Crippen LogP contribution in [0, 0.1) is 0 Å². The quantitative estimate of drug-likeness (QED) is 0.709. The molecule has 1 aromatic rings. The average Bonchev–Trinajstić information content (AvgIpc) is 2.72. The van der Waals surface area contributed by atoms with E-state index in [1.165, 1.54) is 0 Å². The van der Waals surface area contributed by atoms with E-state index >= 15 is 0 Å². The van der Waals surface area contributed by atoms with Crippen molar-refractivity contribution in [3.8, 4) is 0 Å². The molecule has 0 atom stereocenters. The van der Waals surface area contributed by atoms with E-state index in [0.717, 1.165) is 0 Å². The Morgan fingerprint density at radius 2 is 2.35 bits per heavy atom. The molecule has 0 amide bonds. The molecule has 0 spiro atoms. The second-order valence-electron chi connectivity index (χ2n) is 3.97. The largest absolute Gasteiger partial charge is 0.466 e. The normalized spacial score (nSPS) is 17.5. The number of carbonyl (C=O) groups excluding carboxylic acids is 1. The maximum Gasteiger partial charge on any atom is 0.306 e. The highest BCUT2D eigenvalue weighted by Crippen LogP contribution is 2.23. The summed E-state index contributed by atoms with van der Waals surface area (Å²) in [5.74, 6) is 0.550. The summed E-state index contributed by atoms with van der Waals surface area (Å²) < 4.78 is 14.8. The molecule has 1 saturated heterocycles. The molecule has 2 N–H and O–H groups in total. The van der Waals surface area contributed by atoms with Crippen LogP contribution in [-0.4, -0.2) is 35.9 Å². The van der Waals surface area contributed by atoms with Crippen LogP contribution in [-0.2, 0) is 26.2 Å². The molecule has 0 saturated carbocycles. The Hall–Kier alpha value is -1.47. The van der Waals surface area contributed by atoms with E-state index in [1.807, 2.05) is 0 Å². The van der Waals surface area contributed by atoms with E-state index in [-0.39, 0.29) is 12.4 Å². The van der Waals surface area contributed by atoms with Crippen LogP contribution >= 0.6 is 0 Å². The van der Waals surface area contributed by atoms with E-state index in [2.05, 4.69) is 10.1 Å². The van der Waals surface area contributed by atoms with Gasteiger partial charge in [0.1, 0.15) is 5.54 Å². The number of hydrogen-bond acceptors (Lipinski definition) is 7. The predicted octanol–water partition coefficient (Wildman–Crippen LogP) is -0.250. The number of esters is 1. The SMILES string of the molecule is CCOC(=O)CCc1nc(C2(N)COC2)no1. The molecular weight excluding hydrogens is 226 g/mol. The molecule has 0 bridgehead atoms. The van der Waals surface area contributed by atoms with Gasteiger partial charge in [-0.15, -0.1) is 0 Å². The molecule has 17 heavy (non-hydrogen) atoms. The van der Waals surface area contributed by atoms with Crippen molar-refractivity contribution in [3.05, 3.63) is 11.7 Å². The zero-order chi connectivity index (χ0) is 12.3. The third-order valence-electron chi connectivity index (χ3n) is 2.48. The zero-order valence-corrected chi connectivity index (χ0v) is 9.64. The van der Waals surface area contributed by atoms with Crippen LogP contribution in [0.3, 0.4) is 0 Å². The number of aryl methyl sites for hydroxylation is 1. The summed E-state index contributed by atoms with van der Waals surface area (Å²) in [4.78, 5) is 15.3. The molecule has 2 rings (SSSR count). The van der Waals surface area contributed by atoms with Crippen molar-refractivity contribution in [2.24, 2.45) is 5.73 Å². The van der Waals surface area contributed by atoms with Gasteiger partial charge in [0.05, 0.1) is 26.2 Å². The molecule has 7 nitrogen and oxygen atoms in total. The van der Waals surface area contributed by atoms with E-state index in [9.17, 15) is 4.79 Å². The van der Waals surface area contributed by atoms with Crippen LogP contribution in [0.1, 0.15) is 25.1 Å². The van der Waals surface area contributed by atoms with E-state index in [1.54, 1.807) is 6.92 Å². The number of aromatic nitrogens is 2. The van der Waals surface area contributed by atoms with Crippen LogP contribution in [0.15, 0.2) is 4.52 Å². The first-order chi connectivity index (χ1) is 8.14. The Kier molecular flexibility index (Phi) is 3.39. The second kappa shape index (κ2) is 4.80. The molecule has 1 aromatic heterocycles. The van der Waals surface area contributed by atoms with Crippen LogP contribution in [0.25, 0.3) is 0 Å². The lowest BCUT2D eigenvalue weighted by Gasteiger charge is -2.34. The van der Waals surface area contributed by atoms with E-state index < -0.39 is 5.54 Å². The molecule has 2 heterocycles. The molecule has 0 aromatic carbocycles. The van der Waals surface area contributed by atoms with E-state index in [0.29, 0.717) is 38.0 Å². The smallest absolute Gasteiger partial charge is 0.306 e. The molecule has 1 aliphatic heterocycles. The summed E-state index contributed by atoms with van der Waals surface area (Å²) in [5.41, 5.74) is 5.31. The van der Waals surface area contributed by atoms with Crippen molar-refractivity contribution in [3.63, 3.8) is 0 Å². The summed E-state index contributed by atoms with van der Waals surface area (Å²) in [5, 5.41) is 3.79. The fraction of sp³-hybridized carbons (Fsp3) is 0.700. The maximum absolute atomic E-state index is 11.1. The van der Waals surface area contributed by atoms with Crippen LogP contribution in [0.5, 0.6) is 0 Å². The first kappa shape index (κ1) is 12.0. The highest BCUT2D eigenvalue weighted by molar-refractivity contribution is 5.69. The minimum atomic E-state index is -0.633. The minimum absolute atomic E-state index is 0.226. The number of ether oxygens (including phenoxy) is 2. The Morgan fingerprint density at radius 1 is 1.59 bits per heavy atom. The van der Waals surface area contributed by atoms with Gasteiger partial charge in [0.15, 0.2) is 5.82 Å². The fourth-order valence-corrected chi connectivity index (χ4v) is 1.45. The van der Waals surface area contributed by atoms with Crippen molar-refractivity contribution >= 4 is 5.97 Å². The summed E-state index contributed by atoms with van der Waals surface area (Å²) in [6.45, 7) is 2.92. The molecule has 94 valence electrons. The Labute approximate surface area is 98.3 Å². The van der Waals surface area contributed by atoms with Crippen molar-refractivity contribution in [2.75, 3.05) is 19.8 Å². The van der Waals surface area contributed by atoms with Crippen molar-refractivity contribution in [1.82, 2.24) is 10.1 Å². The van der Waals surface area contributed by atoms with Crippen LogP contribution < -0.4 is 5.73 Å². The summed E-state index contributed by atoms with van der Waals surface area (Å²) in [6.07, 6.45) is 0.590. The number of nitrogens with zero attached hydrogens (tertiary/aromatic N) is 2. The molecule has 0 aliphatic carbocycles. The summed E-state index contributed by atoms with van der Waals surface area (Å²) in [7, 11) is 0. The van der Waals surface area contributed by atoms with Gasteiger partial charge in [-0.1, -0.05) is 5.16 Å². The Bertz CT molecular complexity index is 400. The van der Waals surface area contributed by atoms with Gasteiger partial charge in [-0.05, 0) is 6.92 Å². The molecular formula is C10H15N3O4. The van der Waals surface area contributed by atoms with Gasteiger partial charge in [0.25, 0.3) is 0 Å². The molecule has 7 heteroatoms. The monoisotopic (exact) mass is 241 g/mol. The van der Waals surface area contributed by atoms with Crippen molar-refractivity contribution < 1.29 is 18.8 Å². The third kappa shape index (κ3) is 2.62. The predicted molar refractivity (Wildman–Crippen MR) is 55.9 cm³/mol. The molecule has 1 fully saturated rings. The molecule has 0 unspecified atom stereocenters. The van der Waals surface area contributed by atoms with Crippen LogP contribution in [0.2, 0.25) is 0 Å². The van der Waals surface area contributed by atoms with Gasteiger partial charge >= 0.3 is 5.97 Å². The number of carbonyl (C=O) groups is 1. The third-order valence-corrected chi connectivity index (χ3v) is 2.48. The Balaban J connectivity index is 1.88. The summed E-state index contributed by atoms with van der Waals surface area (Å²) in [6, 6.07) is 0. The molecule has 0 radical (unpaired) electrons. The number of rotatable bonds is 5. The highest BCUT2D eigenvalue weighted by Gasteiger charge is 2.40. The van der Waals surface area contributed by atoms with Gasteiger partial charge in [0, 0.05) is 6.42 Å². The van der Waals surface area contributed by atoms with Gasteiger partial charge in [-0.3, -0.25) is 4.79 Å².